The zero-order valence-corrected chi connectivity index (χ0v) is 12.6. The third-order valence-electron chi connectivity index (χ3n) is 3.00. The van der Waals surface area contributed by atoms with Crippen LogP contribution in [0.2, 0.25) is 10.2 Å². The van der Waals surface area contributed by atoms with Crippen molar-refractivity contribution in [2.75, 3.05) is 6.54 Å². The summed E-state index contributed by atoms with van der Waals surface area (Å²) in [5, 5.41) is 3.89. The molecule has 0 saturated carbocycles. The lowest BCUT2D eigenvalue weighted by Gasteiger charge is -2.16. The van der Waals surface area contributed by atoms with Crippen LogP contribution >= 0.6 is 23.2 Å². The normalized spacial score (nSPS) is 12.6. The van der Waals surface area contributed by atoms with Crippen LogP contribution in [0.4, 0.5) is 4.39 Å². The molecule has 2 rings (SSSR count). The van der Waals surface area contributed by atoms with Crippen LogP contribution in [0, 0.1) is 5.82 Å². The maximum Gasteiger partial charge on any atom is 0.193 e. The molecule has 1 atom stereocenters. The van der Waals surface area contributed by atoms with Crippen molar-refractivity contribution in [2.24, 2.45) is 0 Å². The molecule has 0 saturated heterocycles. The van der Waals surface area contributed by atoms with Crippen LogP contribution in [0.15, 0.2) is 34.7 Å². The Morgan fingerprint density at radius 2 is 2.05 bits per heavy atom. The van der Waals surface area contributed by atoms with Gasteiger partial charge in [0.25, 0.3) is 0 Å². The Hall–Kier alpha value is -1.03. The summed E-state index contributed by atoms with van der Waals surface area (Å²) in [6.45, 7) is 2.95. The van der Waals surface area contributed by atoms with E-state index in [1.54, 1.807) is 18.2 Å². The number of hydrogen-bond donors (Lipinski definition) is 1. The molecule has 0 amide bonds. The molecule has 108 valence electrons. The van der Waals surface area contributed by atoms with E-state index >= 15 is 0 Å². The summed E-state index contributed by atoms with van der Waals surface area (Å²) in [5.41, 5.74) is 0.942. The largest absolute Gasteiger partial charge is 0.448 e. The number of hydrogen-bond acceptors (Lipinski definition) is 2. The Morgan fingerprint density at radius 1 is 1.25 bits per heavy atom. The molecule has 1 aromatic heterocycles. The molecule has 2 aromatic rings. The van der Waals surface area contributed by atoms with E-state index in [2.05, 4.69) is 12.2 Å². The lowest BCUT2D eigenvalue weighted by Crippen LogP contribution is -2.23. The van der Waals surface area contributed by atoms with Crippen LogP contribution < -0.4 is 5.32 Å². The van der Waals surface area contributed by atoms with E-state index < -0.39 is 5.82 Å². The molecule has 1 heterocycles. The Labute approximate surface area is 127 Å². The first-order valence-corrected chi connectivity index (χ1v) is 7.28. The highest BCUT2D eigenvalue weighted by Gasteiger charge is 2.16. The molecule has 0 aliphatic heterocycles. The topological polar surface area (TPSA) is 25.2 Å². The van der Waals surface area contributed by atoms with Gasteiger partial charge in [0.05, 0.1) is 11.1 Å². The minimum atomic E-state index is -0.408. The van der Waals surface area contributed by atoms with Gasteiger partial charge in [-0.1, -0.05) is 24.6 Å². The molecule has 2 nitrogen and oxygen atoms in total. The first-order chi connectivity index (χ1) is 9.60. The van der Waals surface area contributed by atoms with Gasteiger partial charge in [-0.3, -0.25) is 0 Å². The summed E-state index contributed by atoms with van der Waals surface area (Å²) in [7, 11) is 0. The number of rotatable bonds is 6. The van der Waals surface area contributed by atoms with E-state index in [1.807, 2.05) is 6.07 Å². The summed E-state index contributed by atoms with van der Waals surface area (Å²) in [6, 6.07) is 8.30. The van der Waals surface area contributed by atoms with Crippen LogP contribution in [0.1, 0.15) is 30.7 Å². The molecule has 0 radical (unpaired) electrons. The average molecular weight is 316 g/mol. The molecule has 0 spiro atoms. The molecule has 0 aliphatic carbocycles. The third-order valence-corrected chi connectivity index (χ3v) is 3.49. The second kappa shape index (κ2) is 7.11. The molecule has 1 unspecified atom stereocenters. The molecule has 1 aromatic carbocycles. The van der Waals surface area contributed by atoms with Gasteiger partial charge in [0, 0.05) is 0 Å². The predicted octanol–water partition coefficient (Wildman–Crippen LogP) is 5.01. The molecular formula is C15H16Cl2FNO. The fourth-order valence-corrected chi connectivity index (χ4v) is 2.37. The lowest BCUT2D eigenvalue weighted by atomic mass is 10.0. The van der Waals surface area contributed by atoms with Crippen LogP contribution in [0.25, 0.3) is 0 Å². The summed E-state index contributed by atoms with van der Waals surface area (Å²) in [4.78, 5) is 0. The fraction of sp³-hybridized carbons (Fsp3) is 0.333. The van der Waals surface area contributed by atoms with Crippen LogP contribution in [0.3, 0.4) is 0 Å². The molecule has 5 heteroatoms. The first-order valence-electron chi connectivity index (χ1n) is 6.52. The molecule has 0 fully saturated rings. The summed E-state index contributed by atoms with van der Waals surface area (Å²) >= 11 is 11.6. The van der Waals surface area contributed by atoms with E-state index in [0.29, 0.717) is 11.6 Å². The van der Waals surface area contributed by atoms with Crippen molar-refractivity contribution in [3.63, 3.8) is 0 Å². The van der Waals surface area contributed by atoms with Gasteiger partial charge in [-0.15, -0.1) is 0 Å². The van der Waals surface area contributed by atoms with Gasteiger partial charge < -0.3 is 9.73 Å². The van der Waals surface area contributed by atoms with Gasteiger partial charge in [-0.25, -0.2) is 4.39 Å². The van der Waals surface area contributed by atoms with E-state index in [-0.39, 0.29) is 11.1 Å². The van der Waals surface area contributed by atoms with E-state index in [0.717, 1.165) is 24.3 Å². The zero-order valence-electron chi connectivity index (χ0n) is 11.1. The molecule has 1 N–H and O–H groups in total. The molecule has 20 heavy (non-hydrogen) atoms. The zero-order chi connectivity index (χ0) is 14.5. The van der Waals surface area contributed by atoms with Crippen molar-refractivity contribution >= 4 is 23.2 Å². The van der Waals surface area contributed by atoms with Gasteiger partial charge in [-0.2, -0.15) is 0 Å². The molecule has 0 bridgehead atoms. The second-order valence-electron chi connectivity index (χ2n) is 4.60. The highest BCUT2D eigenvalue weighted by atomic mass is 35.5. The quantitative estimate of drug-likeness (QED) is 0.810. The monoisotopic (exact) mass is 315 g/mol. The lowest BCUT2D eigenvalue weighted by molar-refractivity contribution is 0.411. The Kier molecular flexibility index (Phi) is 5.46. The Bertz CT molecular complexity index is 571. The Morgan fingerprint density at radius 3 is 2.65 bits per heavy atom. The van der Waals surface area contributed by atoms with E-state index in [1.165, 1.54) is 6.07 Å². The smallest absolute Gasteiger partial charge is 0.193 e. The third kappa shape index (κ3) is 3.98. The van der Waals surface area contributed by atoms with Crippen LogP contribution in [-0.4, -0.2) is 6.54 Å². The summed E-state index contributed by atoms with van der Waals surface area (Å²) < 4.78 is 18.6. The fourth-order valence-electron chi connectivity index (χ4n) is 2.01. The van der Waals surface area contributed by atoms with Gasteiger partial charge >= 0.3 is 0 Å². The predicted molar refractivity (Wildman–Crippen MR) is 79.9 cm³/mol. The van der Waals surface area contributed by atoms with Gasteiger partial charge in [0.1, 0.15) is 11.6 Å². The standard InChI is InChI=1S/C15H16Cl2FNO/c1-2-7-19-13(14-5-6-15(17)20-14)9-10-3-4-12(18)11(16)8-10/h3-6,8,13,19H,2,7,9H2,1H3. The van der Waals surface area contributed by atoms with Crippen molar-refractivity contribution in [2.45, 2.75) is 25.8 Å². The van der Waals surface area contributed by atoms with Crippen molar-refractivity contribution in [1.29, 1.82) is 0 Å². The Balaban J connectivity index is 2.16. The number of halogens is 3. The van der Waals surface area contributed by atoms with Crippen LogP contribution in [0.5, 0.6) is 0 Å². The summed E-state index contributed by atoms with van der Waals surface area (Å²) in [6.07, 6.45) is 1.67. The van der Waals surface area contributed by atoms with Crippen molar-refractivity contribution in [1.82, 2.24) is 5.32 Å². The maximum atomic E-state index is 13.2. The minimum absolute atomic E-state index is 0.0102. The van der Waals surface area contributed by atoms with E-state index in [9.17, 15) is 4.39 Å². The summed E-state index contributed by atoms with van der Waals surface area (Å²) in [5.74, 6) is 0.360. The van der Waals surface area contributed by atoms with Crippen molar-refractivity contribution < 1.29 is 8.81 Å². The average Bonchev–Trinajstić information content (AvgIpc) is 2.85. The van der Waals surface area contributed by atoms with Gasteiger partial charge in [0.2, 0.25) is 0 Å². The first kappa shape index (κ1) is 15.4. The highest BCUT2D eigenvalue weighted by Crippen LogP contribution is 2.25. The van der Waals surface area contributed by atoms with Gasteiger partial charge in [0.15, 0.2) is 5.22 Å². The number of nitrogens with one attached hydrogen (secondary N) is 1. The second-order valence-corrected chi connectivity index (χ2v) is 5.38. The maximum absolute atomic E-state index is 13.2. The highest BCUT2D eigenvalue weighted by molar-refractivity contribution is 6.30. The number of benzene rings is 1. The van der Waals surface area contributed by atoms with Crippen molar-refractivity contribution in [3.05, 3.63) is 57.7 Å². The number of furan rings is 1. The van der Waals surface area contributed by atoms with Crippen LogP contribution in [-0.2, 0) is 6.42 Å². The van der Waals surface area contributed by atoms with E-state index in [4.69, 9.17) is 27.6 Å². The SMILES string of the molecule is CCCNC(Cc1ccc(F)c(Cl)c1)c1ccc(Cl)o1. The minimum Gasteiger partial charge on any atom is -0.448 e. The van der Waals surface area contributed by atoms with Crippen molar-refractivity contribution in [3.8, 4) is 0 Å². The van der Waals surface area contributed by atoms with Gasteiger partial charge in [-0.05, 0) is 60.8 Å². The molecule has 0 aliphatic rings. The molecular weight excluding hydrogens is 300 g/mol.